The molecule has 1 fully saturated rings. The highest BCUT2D eigenvalue weighted by Crippen LogP contribution is 2.21. The van der Waals surface area contributed by atoms with E-state index in [-0.39, 0.29) is 22.3 Å². The smallest absolute Gasteiger partial charge is 0.0443 e. The molecule has 0 nitrogen and oxygen atoms in total. The van der Waals surface area contributed by atoms with Crippen molar-refractivity contribution in [2.24, 2.45) is 5.92 Å². The van der Waals surface area contributed by atoms with Crippen LogP contribution >= 0.6 is 0 Å². The van der Waals surface area contributed by atoms with Gasteiger partial charge >= 0.3 is 0 Å². The lowest BCUT2D eigenvalue weighted by Gasteiger charge is -2.15. The Balaban J connectivity index is -0.000000163. The largest absolute Gasteiger partial charge is 0.0776 e. The SMILES string of the molecule is C.C.C.CC1CCCCC1. The van der Waals surface area contributed by atoms with Crippen molar-refractivity contribution in [3.05, 3.63) is 0 Å². The fraction of sp³-hybridized carbons (Fsp3) is 1.00. The van der Waals surface area contributed by atoms with Crippen LogP contribution in [0.1, 0.15) is 61.3 Å². The zero-order valence-electron chi connectivity index (χ0n) is 5.11. The highest BCUT2D eigenvalue weighted by molar-refractivity contribution is 4.59. The summed E-state index contributed by atoms with van der Waals surface area (Å²) in [6.45, 7) is 2.36. The second-order valence-electron chi connectivity index (χ2n) is 2.74. The van der Waals surface area contributed by atoms with Crippen LogP contribution in [0.3, 0.4) is 0 Å². The summed E-state index contributed by atoms with van der Waals surface area (Å²) < 4.78 is 0. The van der Waals surface area contributed by atoms with Gasteiger partial charge in [0.2, 0.25) is 0 Å². The molecule has 10 heavy (non-hydrogen) atoms. The van der Waals surface area contributed by atoms with E-state index in [2.05, 4.69) is 6.92 Å². The minimum atomic E-state index is 0. The van der Waals surface area contributed by atoms with Gasteiger partial charge in [0.1, 0.15) is 0 Å². The highest BCUT2D eigenvalue weighted by Gasteiger charge is 2.05. The summed E-state index contributed by atoms with van der Waals surface area (Å²) in [6, 6.07) is 0. The predicted octanol–water partition coefficient (Wildman–Crippen LogP) is 4.49. The summed E-state index contributed by atoms with van der Waals surface area (Å²) in [4.78, 5) is 0. The molecule has 1 aliphatic rings. The van der Waals surface area contributed by atoms with Crippen LogP contribution in [0.15, 0.2) is 0 Å². The Labute approximate surface area is 68.0 Å². The average molecular weight is 146 g/mol. The van der Waals surface area contributed by atoms with Crippen LogP contribution in [0.25, 0.3) is 0 Å². The Morgan fingerprint density at radius 3 is 1.40 bits per heavy atom. The van der Waals surface area contributed by atoms with Gasteiger partial charge in [0, 0.05) is 0 Å². The molecule has 66 valence electrons. The Bertz CT molecular complexity index is 42.0. The first kappa shape index (κ1) is 16.5. The first-order valence-corrected chi connectivity index (χ1v) is 3.39. The maximum atomic E-state index is 2.36. The van der Waals surface area contributed by atoms with E-state index in [4.69, 9.17) is 0 Å². The molecule has 0 aromatic carbocycles. The predicted molar refractivity (Wildman–Crippen MR) is 52.4 cm³/mol. The van der Waals surface area contributed by atoms with Crippen molar-refractivity contribution in [3.8, 4) is 0 Å². The molecule has 1 rings (SSSR count). The topological polar surface area (TPSA) is 0 Å². The third-order valence-electron chi connectivity index (χ3n) is 1.89. The summed E-state index contributed by atoms with van der Waals surface area (Å²) >= 11 is 0. The molecule has 0 aromatic heterocycles. The van der Waals surface area contributed by atoms with Gasteiger partial charge < -0.3 is 0 Å². The summed E-state index contributed by atoms with van der Waals surface area (Å²) in [6.07, 6.45) is 7.44. The van der Waals surface area contributed by atoms with E-state index in [0.717, 1.165) is 5.92 Å². The lowest BCUT2D eigenvalue weighted by Crippen LogP contribution is -1.99. The van der Waals surface area contributed by atoms with E-state index in [9.17, 15) is 0 Å². The molecule has 0 radical (unpaired) electrons. The minimum absolute atomic E-state index is 0. The van der Waals surface area contributed by atoms with E-state index in [1.807, 2.05) is 0 Å². The van der Waals surface area contributed by atoms with Gasteiger partial charge in [-0.3, -0.25) is 0 Å². The summed E-state index contributed by atoms with van der Waals surface area (Å²) in [5, 5.41) is 0. The maximum Gasteiger partial charge on any atom is -0.0443 e. The van der Waals surface area contributed by atoms with Crippen molar-refractivity contribution in [3.63, 3.8) is 0 Å². The van der Waals surface area contributed by atoms with Crippen LogP contribution < -0.4 is 0 Å². The van der Waals surface area contributed by atoms with Gasteiger partial charge in [-0.25, -0.2) is 0 Å². The third kappa shape index (κ3) is 6.12. The van der Waals surface area contributed by atoms with Crippen molar-refractivity contribution in [2.75, 3.05) is 0 Å². The monoisotopic (exact) mass is 146 g/mol. The van der Waals surface area contributed by atoms with Crippen LogP contribution in [-0.2, 0) is 0 Å². The van der Waals surface area contributed by atoms with E-state index in [1.165, 1.54) is 32.1 Å². The van der Waals surface area contributed by atoms with Gasteiger partial charge in [-0.1, -0.05) is 61.3 Å². The van der Waals surface area contributed by atoms with E-state index < -0.39 is 0 Å². The zero-order valence-corrected chi connectivity index (χ0v) is 5.11. The molecule has 0 heteroatoms. The van der Waals surface area contributed by atoms with Gasteiger partial charge in [0.05, 0.1) is 0 Å². The van der Waals surface area contributed by atoms with Crippen LogP contribution in [-0.4, -0.2) is 0 Å². The Kier molecular flexibility index (Phi) is 14.9. The summed E-state index contributed by atoms with van der Waals surface area (Å²) in [5.41, 5.74) is 0. The summed E-state index contributed by atoms with van der Waals surface area (Å²) in [7, 11) is 0. The number of hydrogen-bond donors (Lipinski definition) is 0. The first-order valence-electron chi connectivity index (χ1n) is 3.39. The van der Waals surface area contributed by atoms with Gasteiger partial charge in [0.25, 0.3) is 0 Å². The second-order valence-corrected chi connectivity index (χ2v) is 2.74. The van der Waals surface area contributed by atoms with Crippen molar-refractivity contribution in [1.82, 2.24) is 0 Å². The molecule has 0 N–H and O–H groups in total. The fourth-order valence-electron chi connectivity index (χ4n) is 1.31. The Morgan fingerprint density at radius 1 is 0.800 bits per heavy atom. The van der Waals surface area contributed by atoms with Crippen molar-refractivity contribution >= 4 is 0 Å². The van der Waals surface area contributed by atoms with Crippen LogP contribution in [0, 0.1) is 5.92 Å². The first-order chi connectivity index (χ1) is 3.39. The molecule has 0 bridgehead atoms. The Morgan fingerprint density at radius 2 is 1.20 bits per heavy atom. The van der Waals surface area contributed by atoms with Crippen molar-refractivity contribution in [2.45, 2.75) is 61.3 Å². The molecule has 1 saturated carbocycles. The second kappa shape index (κ2) is 9.00. The van der Waals surface area contributed by atoms with E-state index in [0.29, 0.717) is 0 Å². The molecule has 0 unspecified atom stereocenters. The molecule has 0 heterocycles. The van der Waals surface area contributed by atoms with Crippen LogP contribution in [0.4, 0.5) is 0 Å². The molecule has 0 spiro atoms. The molecular formula is C10H26. The number of rotatable bonds is 0. The van der Waals surface area contributed by atoms with Crippen molar-refractivity contribution < 1.29 is 0 Å². The zero-order chi connectivity index (χ0) is 5.11. The molecule has 0 amide bonds. The van der Waals surface area contributed by atoms with Gasteiger partial charge in [-0.05, 0) is 5.92 Å². The average Bonchev–Trinajstić information content (AvgIpc) is 1.69. The maximum absolute atomic E-state index is 2.36. The normalized spacial score (nSPS) is 17.7. The Hall–Kier alpha value is 0. The van der Waals surface area contributed by atoms with Crippen LogP contribution in [0.2, 0.25) is 0 Å². The number of hydrogen-bond acceptors (Lipinski definition) is 0. The molecule has 0 atom stereocenters. The van der Waals surface area contributed by atoms with E-state index in [1.54, 1.807) is 0 Å². The van der Waals surface area contributed by atoms with E-state index >= 15 is 0 Å². The summed E-state index contributed by atoms with van der Waals surface area (Å²) in [5.74, 6) is 1.04. The van der Waals surface area contributed by atoms with Gasteiger partial charge in [0.15, 0.2) is 0 Å². The highest BCUT2D eigenvalue weighted by atomic mass is 14.1. The standard InChI is InChI=1S/C7H14.3CH4/c1-7-5-3-2-4-6-7;;;/h7H,2-6H2,1H3;3*1H4. The quantitative estimate of drug-likeness (QED) is 0.472. The molecule has 0 aliphatic heterocycles. The third-order valence-corrected chi connectivity index (χ3v) is 1.89. The molecule has 0 saturated heterocycles. The lowest BCUT2D eigenvalue weighted by molar-refractivity contribution is 0.385. The van der Waals surface area contributed by atoms with Gasteiger partial charge in [-0.2, -0.15) is 0 Å². The van der Waals surface area contributed by atoms with Crippen molar-refractivity contribution in [1.29, 1.82) is 0 Å². The minimum Gasteiger partial charge on any atom is -0.0776 e. The molecule has 1 aliphatic carbocycles. The molecular weight excluding hydrogens is 120 g/mol. The fourth-order valence-corrected chi connectivity index (χ4v) is 1.31. The molecule has 0 aromatic rings. The lowest BCUT2D eigenvalue weighted by atomic mass is 9.91. The van der Waals surface area contributed by atoms with Gasteiger partial charge in [-0.15, -0.1) is 0 Å². The van der Waals surface area contributed by atoms with Crippen LogP contribution in [0.5, 0.6) is 0 Å².